The summed E-state index contributed by atoms with van der Waals surface area (Å²) in [4.78, 5) is 12.8. The number of amides is 1. The van der Waals surface area contributed by atoms with E-state index in [0.717, 1.165) is 53.6 Å². The summed E-state index contributed by atoms with van der Waals surface area (Å²) in [6.45, 7) is 3.54. The van der Waals surface area contributed by atoms with Crippen molar-refractivity contribution < 1.29 is 23.8 Å². The quantitative estimate of drug-likeness (QED) is 0.210. The lowest BCUT2D eigenvalue weighted by Gasteiger charge is -2.57. The van der Waals surface area contributed by atoms with Crippen molar-refractivity contribution in [2.75, 3.05) is 6.61 Å². The molecule has 0 bridgehead atoms. The Kier molecular flexibility index (Phi) is 7.23. The van der Waals surface area contributed by atoms with Gasteiger partial charge in [-0.05, 0) is 97.7 Å². The van der Waals surface area contributed by atoms with E-state index in [4.69, 9.17) is 9.47 Å². The Hall–Kier alpha value is -4.84. The van der Waals surface area contributed by atoms with Crippen LogP contribution in [0.15, 0.2) is 67.0 Å². The third-order valence-electron chi connectivity index (χ3n) is 8.60. The van der Waals surface area contributed by atoms with E-state index in [2.05, 4.69) is 31.0 Å². The summed E-state index contributed by atoms with van der Waals surface area (Å²) < 4.78 is 27.9. The van der Waals surface area contributed by atoms with Crippen LogP contribution in [0.2, 0.25) is 0 Å². The lowest BCUT2D eigenvalue weighted by atomic mass is 9.53. The van der Waals surface area contributed by atoms with E-state index in [1.54, 1.807) is 42.9 Å². The molecule has 2 aromatic carbocycles. The SMILES string of the molecule is CC(C)(O)COc1ccc2c(CC(=O)NC3CC4(C3)CC(Oc3ccc(-c5ccc(F)c(-c6nn[nH]n6)c5)cc3)C4)cnn2c1. The fourth-order valence-electron chi connectivity index (χ4n) is 6.43. The predicted octanol–water partition coefficient (Wildman–Crippen LogP) is 4.52. The average molecular weight is 612 g/mol. The van der Waals surface area contributed by atoms with Crippen LogP contribution in [0, 0.1) is 11.2 Å². The maximum Gasteiger partial charge on any atom is 0.224 e. The predicted molar refractivity (Wildman–Crippen MR) is 163 cm³/mol. The second kappa shape index (κ2) is 11.3. The van der Waals surface area contributed by atoms with Gasteiger partial charge >= 0.3 is 0 Å². The van der Waals surface area contributed by atoms with Gasteiger partial charge in [0, 0.05) is 11.6 Å². The number of ether oxygens (including phenoxy) is 2. The highest BCUT2D eigenvalue weighted by atomic mass is 19.1. The molecule has 2 aliphatic carbocycles. The number of pyridine rings is 1. The van der Waals surface area contributed by atoms with Gasteiger partial charge in [0.1, 0.15) is 23.9 Å². The number of carbonyl (C=O) groups excluding carboxylic acids is 1. The number of halogens is 1. The van der Waals surface area contributed by atoms with Crippen molar-refractivity contribution in [3.63, 3.8) is 0 Å². The Balaban J connectivity index is 0.868. The topological polar surface area (TPSA) is 140 Å². The Labute approximate surface area is 258 Å². The Bertz CT molecular complexity index is 1820. The Morgan fingerprint density at radius 3 is 2.58 bits per heavy atom. The van der Waals surface area contributed by atoms with E-state index in [9.17, 15) is 14.3 Å². The van der Waals surface area contributed by atoms with Crippen molar-refractivity contribution >= 4 is 11.4 Å². The van der Waals surface area contributed by atoms with Crippen molar-refractivity contribution in [3.8, 4) is 34.0 Å². The number of fused-ring (bicyclic) bond motifs is 1. The van der Waals surface area contributed by atoms with Gasteiger partial charge in [-0.25, -0.2) is 8.91 Å². The number of rotatable bonds is 10. The summed E-state index contributed by atoms with van der Waals surface area (Å²) in [6.07, 6.45) is 7.74. The molecule has 3 heterocycles. The summed E-state index contributed by atoms with van der Waals surface area (Å²) in [5.74, 6) is 1.19. The third-order valence-corrected chi connectivity index (χ3v) is 8.60. The molecule has 2 aliphatic rings. The molecule has 12 heteroatoms. The first-order valence-electron chi connectivity index (χ1n) is 15.0. The highest BCUT2D eigenvalue weighted by Crippen LogP contribution is 2.56. The largest absolute Gasteiger partial charge is 0.490 e. The fraction of sp³-hybridized carbons (Fsp3) is 0.364. The number of hydrogen-bond donors (Lipinski definition) is 3. The number of tetrazole rings is 1. The molecule has 11 nitrogen and oxygen atoms in total. The van der Waals surface area contributed by atoms with Gasteiger partial charge in [0.15, 0.2) is 0 Å². The van der Waals surface area contributed by atoms with Crippen LogP contribution in [0.4, 0.5) is 4.39 Å². The van der Waals surface area contributed by atoms with Gasteiger partial charge in [0.25, 0.3) is 0 Å². The van der Waals surface area contributed by atoms with Gasteiger partial charge in [-0.3, -0.25) is 4.79 Å². The van der Waals surface area contributed by atoms with Crippen molar-refractivity contribution in [1.29, 1.82) is 0 Å². The molecule has 0 aliphatic heterocycles. The number of aliphatic hydroxyl groups is 1. The molecule has 0 radical (unpaired) electrons. The molecule has 1 spiro atoms. The van der Waals surface area contributed by atoms with E-state index in [1.165, 1.54) is 6.07 Å². The first-order chi connectivity index (χ1) is 21.6. The minimum atomic E-state index is -0.931. The number of carbonyl (C=O) groups is 1. The smallest absolute Gasteiger partial charge is 0.224 e. The van der Waals surface area contributed by atoms with Crippen molar-refractivity contribution in [1.82, 2.24) is 35.6 Å². The summed E-state index contributed by atoms with van der Waals surface area (Å²) >= 11 is 0. The van der Waals surface area contributed by atoms with Gasteiger partial charge in [0.05, 0.1) is 41.6 Å². The molecule has 1 amide bonds. The van der Waals surface area contributed by atoms with Crippen LogP contribution in [-0.4, -0.2) is 65.6 Å². The summed E-state index contributed by atoms with van der Waals surface area (Å²) in [5, 5.41) is 31.1. The molecule has 2 saturated carbocycles. The lowest BCUT2D eigenvalue weighted by Crippen LogP contribution is -2.58. The van der Waals surface area contributed by atoms with Crippen LogP contribution in [-0.2, 0) is 11.2 Å². The van der Waals surface area contributed by atoms with Crippen LogP contribution >= 0.6 is 0 Å². The minimum absolute atomic E-state index is 0.00936. The van der Waals surface area contributed by atoms with Crippen LogP contribution in [0.5, 0.6) is 11.5 Å². The van der Waals surface area contributed by atoms with E-state index >= 15 is 0 Å². The first kappa shape index (κ1) is 28.9. The maximum absolute atomic E-state index is 14.3. The molecule has 0 unspecified atom stereocenters. The molecule has 2 fully saturated rings. The molecular formula is C33H34FN7O4. The number of nitrogens with one attached hydrogen (secondary N) is 2. The van der Waals surface area contributed by atoms with Crippen molar-refractivity contribution in [2.24, 2.45) is 5.41 Å². The zero-order chi connectivity index (χ0) is 31.2. The van der Waals surface area contributed by atoms with Crippen LogP contribution in [0.25, 0.3) is 28.0 Å². The molecule has 232 valence electrons. The summed E-state index contributed by atoms with van der Waals surface area (Å²) in [7, 11) is 0. The third kappa shape index (κ3) is 6.23. The van der Waals surface area contributed by atoms with Crippen LogP contribution in [0.1, 0.15) is 45.1 Å². The number of benzene rings is 2. The molecule has 3 N–H and O–H groups in total. The Morgan fingerprint density at radius 2 is 1.84 bits per heavy atom. The van der Waals surface area contributed by atoms with Crippen molar-refractivity contribution in [3.05, 3.63) is 78.4 Å². The summed E-state index contributed by atoms with van der Waals surface area (Å²) in [6, 6.07) is 16.5. The van der Waals surface area contributed by atoms with E-state index in [-0.39, 0.29) is 47.9 Å². The zero-order valence-corrected chi connectivity index (χ0v) is 25.0. The normalized spacial score (nSPS) is 20.9. The number of H-pyrrole nitrogens is 1. The number of hydrogen-bond acceptors (Lipinski definition) is 8. The van der Waals surface area contributed by atoms with Gasteiger partial charge < -0.3 is 19.9 Å². The number of aromatic amines is 1. The summed E-state index contributed by atoms with van der Waals surface area (Å²) in [5.41, 5.74) is 3.08. The monoisotopic (exact) mass is 611 g/mol. The van der Waals surface area contributed by atoms with E-state index < -0.39 is 11.4 Å². The molecule has 5 aromatic rings. The molecule has 45 heavy (non-hydrogen) atoms. The highest BCUT2D eigenvalue weighted by Gasteiger charge is 2.54. The van der Waals surface area contributed by atoms with Gasteiger partial charge in [-0.15, -0.1) is 10.2 Å². The second-order valence-electron chi connectivity index (χ2n) is 12.9. The standard InChI is InChI=1S/C33H34FN7O4/c1-32(2,43)19-44-25-8-10-29-22(17-35-41(29)18-25)12-30(42)36-23-13-33(14-23)15-26(16-33)45-24-6-3-20(4-7-24)21-5-9-28(34)27(11-21)31-37-39-40-38-31/h3-11,17-18,23,26,43H,12-16,19H2,1-2H3,(H,36,42)(H,37,38,39,40). The minimum Gasteiger partial charge on any atom is -0.490 e. The molecular weight excluding hydrogens is 577 g/mol. The van der Waals surface area contributed by atoms with Gasteiger partial charge in [0.2, 0.25) is 11.7 Å². The van der Waals surface area contributed by atoms with Crippen LogP contribution < -0.4 is 14.8 Å². The van der Waals surface area contributed by atoms with Crippen molar-refractivity contribution in [2.45, 2.75) is 63.7 Å². The number of nitrogens with zero attached hydrogens (tertiary/aromatic N) is 5. The molecule has 7 rings (SSSR count). The fourth-order valence-corrected chi connectivity index (χ4v) is 6.43. The maximum atomic E-state index is 14.3. The molecule has 3 aromatic heterocycles. The Morgan fingerprint density at radius 1 is 1.09 bits per heavy atom. The lowest BCUT2D eigenvalue weighted by molar-refractivity contribution is -0.126. The van der Waals surface area contributed by atoms with Gasteiger partial charge in [-0.1, -0.05) is 18.2 Å². The average Bonchev–Trinajstić information content (AvgIpc) is 3.65. The van der Waals surface area contributed by atoms with E-state index in [1.807, 2.05) is 36.4 Å². The zero-order valence-electron chi connectivity index (χ0n) is 25.0. The van der Waals surface area contributed by atoms with Crippen LogP contribution in [0.3, 0.4) is 0 Å². The highest BCUT2D eigenvalue weighted by molar-refractivity contribution is 5.81. The molecule has 0 saturated heterocycles. The second-order valence-corrected chi connectivity index (χ2v) is 12.9. The number of aromatic nitrogens is 6. The van der Waals surface area contributed by atoms with Gasteiger partial charge in [-0.2, -0.15) is 10.3 Å². The van der Waals surface area contributed by atoms with E-state index in [0.29, 0.717) is 5.75 Å². The molecule has 0 atom stereocenters. The first-order valence-corrected chi connectivity index (χ1v) is 15.0.